The first kappa shape index (κ1) is 29.0. The molecule has 0 unspecified atom stereocenters. The van der Waals surface area contributed by atoms with E-state index in [9.17, 15) is 14.9 Å². The van der Waals surface area contributed by atoms with Crippen molar-refractivity contribution in [2.45, 2.75) is 10.1 Å². The predicted molar refractivity (Wildman–Crippen MR) is 165 cm³/mol. The van der Waals surface area contributed by atoms with E-state index in [2.05, 4.69) is 10.5 Å². The van der Waals surface area contributed by atoms with Crippen molar-refractivity contribution in [2.75, 3.05) is 14.2 Å². The maximum absolute atomic E-state index is 12.6. The smallest absolute Gasteiger partial charge is 0.283 e. The Labute approximate surface area is 251 Å². The second kappa shape index (κ2) is 13.4. The van der Waals surface area contributed by atoms with Crippen LogP contribution in [0.2, 0.25) is 0 Å². The van der Waals surface area contributed by atoms with Gasteiger partial charge in [-0.15, -0.1) is 0 Å². The highest BCUT2D eigenvalue weighted by molar-refractivity contribution is 7.99. The van der Waals surface area contributed by atoms with Crippen molar-refractivity contribution >= 4 is 29.6 Å². The molecule has 214 valence electrons. The molecular formula is C32H25N5O5S. The van der Waals surface area contributed by atoms with E-state index in [1.165, 1.54) is 26.5 Å². The van der Waals surface area contributed by atoms with Crippen LogP contribution in [0.15, 0.2) is 118 Å². The summed E-state index contributed by atoms with van der Waals surface area (Å²) in [5.41, 5.74) is 6.18. The topological polar surface area (TPSA) is 129 Å². The van der Waals surface area contributed by atoms with Gasteiger partial charge in [0, 0.05) is 34.4 Å². The molecule has 0 atom stereocenters. The molecule has 0 spiro atoms. The van der Waals surface area contributed by atoms with E-state index < -0.39 is 10.8 Å². The van der Waals surface area contributed by atoms with Crippen molar-refractivity contribution in [3.8, 4) is 34.0 Å². The van der Waals surface area contributed by atoms with E-state index in [4.69, 9.17) is 19.4 Å². The molecule has 10 nitrogen and oxygen atoms in total. The van der Waals surface area contributed by atoms with Crippen LogP contribution in [-0.2, 0) is 0 Å². The number of ether oxygens (including phenoxy) is 2. The zero-order valence-corrected chi connectivity index (χ0v) is 23.9. The summed E-state index contributed by atoms with van der Waals surface area (Å²) >= 11 is 1.10. The molecule has 0 saturated heterocycles. The van der Waals surface area contributed by atoms with Crippen molar-refractivity contribution in [1.29, 1.82) is 0 Å². The third-order valence-corrected chi connectivity index (χ3v) is 7.15. The summed E-state index contributed by atoms with van der Waals surface area (Å²) in [6, 6.07) is 30.6. The fourth-order valence-electron chi connectivity index (χ4n) is 4.09. The standard InChI is InChI=1S/C32H25N5O5S/c1-41-25-16-24(17-26(18-25)42-2)31(38)36-33-20-21-13-14-30(29(15-21)37(39)40)43-32-34-27(22-9-5-3-6-10-22)19-28(35-32)23-11-7-4-8-12-23/h3-20H,1-2H3,(H,36,38)/b33-20+. The second-order valence-corrected chi connectivity index (χ2v) is 10.0. The van der Waals surface area contributed by atoms with E-state index in [1.807, 2.05) is 66.7 Å². The van der Waals surface area contributed by atoms with Crippen molar-refractivity contribution in [2.24, 2.45) is 5.10 Å². The van der Waals surface area contributed by atoms with Crippen LogP contribution >= 0.6 is 11.8 Å². The molecule has 0 bridgehead atoms. The lowest BCUT2D eigenvalue weighted by atomic mass is 10.1. The van der Waals surface area contributed by atoms with Gasteiger partial charge in [0.25, 0.3) is 11.6 Å². The number of carbonyl (C=O) groups is 1. The van der Waals surface area contributed by atoms with E-state index >= 15 is 0 Å². The van der Waals surface area contributed by atoms with Crippen LogP contribution in [0.25, 0.3) is 22.5 Å². The fraction of sp³-hybridized carbons (Fsp3) is 0.0625. The first-order chi connectivity index (χ1) is 20.9. The molecule has 4 aromatic carbocycles. The SMILES string of the molecule is COc1cc(OC)cc(C(=O)N/N=C/c2ccc(Sc3nc(-c4ccccc4)cc(-c4ccccc4)n3)c([N+](=O)[O-])c2)c1. The van der Waals surface area contributed by atoms with E-state index in [-0.39, 0.29) is 11.3 Å². The number of rotatable bonds is 10. The van der Waals surface area contributed by atoms with Gasteiger partial charge in [0.1, 0.15) is 11.5 Å². The lowest BCUT2D eigenvalue weighted by molar-refractivity contribution is -0.387. The molecule has 0 aliphatic heterocycles. The fourth-order valence-corrected chi connectivity index (χ4v) is 4.95. The number of methoxy groups -OCH3 is 2. The number of aromatic nitrogens is 2. The number of nitro benzene ring substituents is 1. The summed E-state index contributed by atoms with van der Waals surface area (Å²) in [6.07, 6.45) is 1.33. The van der Waals surface area contributed by atoms with Crippen LogP contribution in [0.1, 0.15) is 15.9 Å². The van der Waals surface area contributed by atoms with Crippen LogP contribution in [0.3, 0.4) is 0 Å². The van der Waals surface area contributed by atoms with Crippen LogP contribution in [0, 0.1) is 10.1 Å². The van der Waals surface area contributed by atoms with Gasteiger partial charge >= 0.3 is 0 Å². The number of amides is 1. The Morgan fingerprint density at radius 2 is 1.42 bits per heavy atom. The van der Waals surface area contributed by atoms with Crippen molar-refractivity contribution in [1.82, 2.24) is 15.4 Å². The summed E-state index contributed by atoms with van der Waals surface area (Å²) in [7, 11) is 2.97. The van der Waals surface area contributed by atoms with Crippen LogP contribution in [-0.4, -0.2) is 41.2 Å². The second-order valence-electron chi connectivity index (χ2n) is 9.04. The summed E-state index contributed by atoms with van der Waals surface area (Å²) < 4.78 is 10.4. The Bertz CT molecular complexity index is 1720. The van der Waals surface area contributed by atoms with Gasteiger partial charge in [-0.2, -0.15) is 5.10 Å². The van der Waals surface area contributed by atoms with Gasteiger partial charge in [0.05, 0.1) is 41.6 Å². The normalized spacial score (nSPS) is 10.8. The number of hydrogen-bond donors (Lipinski definition) is 1. The van der Waals surface area contributed by atoms with Crippen molar-refractivity contribution in [3.05, 3.63) is 124 Å². The molecule has 5 rings (SSSR count). The first-order valence-electron chi connectivity index (χ1n) is 13.0. The van der Waals surface area contributed by atoms with Gasteiger partial charge in [-0.3, -0.25) is 14.9 Å². The molecule has 0 aliphatic rings. The Balaban J connectivity index is 1.40. The molecule has 1 heterocycles. The molecule has 5 aromatic rings. The van der Waals surface area contributed by atoms with Gasteiger partial charge in [-0.05, 0) is 36.0 Å². The molecule has 0 radical (unpaired) electrons. The molecular weight excluding hydrogens is 566 g/mol. The van der Waals surface area contributed by atoms with Crippen LogP contribution < -0.4 is 14.9 Å². The van der Waals surface area contributed by atoms with Crippen molar-refractivity contribution in [3.63, 3.8) is 0 Å². The van der Waals surface area contributed by atoms with E-state index in [0.29, 0.717) is 38.5 Å². The zero-order valence-electron chi connectivity index (χ0n) is 23.1. The largest absolute Gasteiger partial charge is 0.497 e. The summed E-state index contributed by atoms with van der Waals surface area (Å²) in [4.78, 5) is 33.9. The van der Waals surface area contributed by atoms with Crippen molar-refractivity contribution < 1.29 is 19.2 Å². The lowest BCUT2D eigenvalue weighted by Crippen LogP contribution is -2.17. The minimum absolute atomic E-state index is 0.146. The number of nitro groups is 1. The third kappa shape index (κ3) is 7.21. The van der Waals surface area contributed by atoms with Crippen LogP contribution in [0.5, 0.6) is 11.5 Å². The number of benzene rings is 4. The van der Waals surface area contributed by atoms with Gasteiger partial charge in [-0.1, -0.05) is 66.7 Å². The minimum Gasteiger partial charge on any atom is -0.497 e. The first-order valence-corrected chi connectivity index (χ1v) is 13.8. The molecule has 1 amide bonds. The third-order valence-electron chi connectivity index (χ3n) is 6.22. The highest BCUT2D eigenvalue weighted by Gasteiger charge is 2.18. The molecule has 0 fully saturated rings. The monoisotopic (exact) mass is 591 g/mol. The highest BCUT2D eigenvalue weighted by Crippen LogP contribution is 2.36. The number of hydrazone groups is 1. The summed E-state index contributed by atoms with van der Waals surface area (Å²) in [5.74, 6) is 0.400. The highest BCUT2D eigenvalue weighted by atomic mass is 32.2. The Morgan fingerprint density at radius 3 is 1.95 bits per heavy atom. The zero-order chi connectivity index (χ0) is 30.2. The van der Waals surface area contributed by atoms with Gasteiger partial charge < -0.3 is 9.47 Å². The number of carbonyl (C=O) groups excluding carboxylic acids is 1. The molecule has 0 aliphatic carbocycles. The van der Waals surface area contributed by atoms with Gasteiger partial charge in [0.15, 0.2) is 5.16 Å². The lowest BCUT2D eigenvalue weighted by Gasteiger charge is -2.09. The maximum Gasteiger partial charge on any atom is 0.283 e. The molecule has 43 heavy (non-hydrogen) atoms. The summed E-state index contributed by atoms with van der Waals surface area (Å²) in [6.45, 7) is 0. The molecule has 11 heteroatoms. The Kier molecular flexibility index (Phi) is 9.03. The quantitative estimate of drug-likeness (QED) is 0.0827. The number of hydrogen-bond acceptors (Lipinski definition) is 9. The maximum atomic E-state index is 12.6. The predicted octanol–water partition coefficient (Wildman–Crippen LogP) is 6.65. The van der Waals surface area contributed by atoms with Crippen LogP contribution in [0.4, 0.5) is 5.69 Å². The Hall–Kier alpha value is -5.55. The average molecular weight is 592 g/mol. The average Bonchev–Trinajstić information content (AvgIpc) is 3.05. The Morgan fingerprint density at radius 1 is 0.837 bits per heavy atom. The summed E-state index contributed by atoms with van der Waals surface area (Å²) in [5, 5.41) is 16.4. The van der Waals surface area contributed by atoms with E-state index in [1.54, 1.807) is 30.3 Å². The molecule has 1 aromatic heterocycles. The van der Waals surface area contributed by atoms with Gasteiger partial charge in [-0.25, -0.2) is 15.4 Å². The van der Waals surface area contributed by atoms with E-state index in [0.717, 1.165) is 22.9 Å². The van der Waals surface area contributed by atoms with Gasteiger partial charge in [0.2, 0.25) is 0 Å². The number of nitrogens with zero attached hydrogens (tertiary/aromatic N) is 4. The molecule has 1 N–H and O–H groups in total. The number of nitrogens with one attached hydrogen (secondary N) is 1. The minimum atomic E-state index is -0.500. The molecule has 0 saturated carbocycles.